The van der Waals surface area contributed by atoms with Crippen molar-refractivity contribution in [1.29, 1.82) is 0 Å². The van der Waals surface area contributed by atoms with Crippen LogP contribution < -0.4 is 5.69 Å². The number of piperidine rings is 1. The molecule has 0 bridgehead atoms. The number of rotatable bonds is 3. The third-order valence-corrected chi connectivity index (χ3v) is 5.87. The van der Waals surface area contributed by atoms with Crippen molar-refractivity contribution in [1.82, 2.24) is 14.5 Å². The van der Waals surface area contributed by atoms with Gasteiger partial charge in [0, 0.05) is 23.1 Å². The molecule has 10 heteroatoms. The van der Waals surface area contributed by atoms with E-state index >= 15 is 0 Å². The molecule has 1 atom stereocenters. The molecular formula is C21H18Cl2F3N3O2. The van der Waals surface area contributed by atoms with Crippen LogP contribution in [-0.4, -0.2) is 33.4 Å². The number of imidazole rings is 1. The van der Waals surface area contributed by atoms with Crippen molar-refractivity contribution in [3.8, 4) is 0 Å². The Balaban J connectivity index is 1.57. The van der Waals surface area contributed by atoms with Gasteiger partial charge in [0.25, 0.3) is 0 Å². The number of aromatic nitrogens is 2. The van der Waals surface area contributed by atoms with E-state index in [-0.39, 0.29) is 23.9 Å². The zero-order valence-electron chi connectivity index (χ0n) is 16.2. The van der Waals surface area contributed by atoms with Crippen LogP contribution in [0, 0.1) is 0 Å². The van der Waals surface area contributed by atoms with Crippen molar-refractivity contribution >= 4 is 40.1 Å². The van der Waals surface area contributed by atoms with Gasteiger partial charge < -0.3 is 9.88 Å². The average Bonchev–Trinajstić information content (AvgIpc) is 3.01. The van der Waals surface area contributed by atoms with Crippen molar-refractivity contribution in [2.75, 3.05) is 13.1 Å². The molecule has 2 heterocycles. The smallest absolute Gasteiger partial charge is 0.340 e. The number of nitrogens with one attached hydrogen (secondary N) is 1. The van der Waals surface area contributed by atoms with Gasteiger partial charge in [-0.05, 0) is 54.8 Å². The highest BCUT2D eigenvalue weighted by molar-refractivity contribution is 6.34. The second-order valence-corrected chi connectivity index (χ2v) is 8.49. The van der Waals surface area contributed by atoms with Crippen LogP contribution >= 0.6 is 23.2 Å². The number of benzene rings is 2. The predicted molar refractivity (Wildman–Crippen MR) is 113 cm³/mol. The van der Waals surface area contributed by atoms with Crippen LogP contribution in [0.2, 0.25) is 10.0 Å². The SMILES string of the molecule is O=C(Cc1cc(Cl)cc(Cl)c1)N1CCC[C@H](n2c(=O)[nH]c3cc(C(F)(F)F)ccc32)C1. The number of aromatic amines is 1. The van der Waals surface area contributed by atoms with Crippen LogP contribution in [0.3, 0.4) is 0 Å². The van der Waals surface area contributed by atoms with E-state index in [1.165, 1.54) is 10.6 Å². The Kier molecular flexibility index (Phi) is 5.79. The Hall–Kier alpha value is -2.45. The summed E-state index contributed by atoms with van der Waals surface area (Å²) in [6.45, 7) is 0.833. The first-order valence-corrected chi connectivity index (χ1v) is 10.4. The van der Waals surface area contributed by atoms with Crippen molar-refractivity contribution in [3.05, 3.63) is 68.1 Å². The number of H-pyrrole nitrogens is 1. The van der Waals surface area contributed by atoms with E-state index in [2.05, 4.69) is 4.98 Å². The average molecular weight is 472 g/mol. The Morgan fingerprint density at radius 2 is 1.84 bits per heavy atom. The van der Waals surface area contributed by atoms with Crippen molar-refractivity contribution in [2.45, 2.75) is 31.5 Å². The molecule has 0 saturated carbocycles. The van der Waals surface area contributed by atoms with E-state index in [1.54, 1.807) is 23.1 Å². The van der Waals surface area contributed by atoms with Crippen molar-refractivity contribution in [3.63, 3.8) is 0 Å². The van der Waals surface area contributed by atoms with E-state index in [1.807, 2.05) is 0 Å². The van der Waals surface area contributed by atoms with Gasteiger partial charge in [-0.3, -0.25) is 9.36 Å². The zero-order chi connectivity index (χ0) is 22.3. The molecule has 1 aliphatic rings. The van der Waals surface area contributed by atoms with Crippen LogP contribution in [0.15, 0.2) is 41.2 Å². The maximum atomic E-state index is 13.0. The number of carbonyl (C=O) groups is 1. The van der Waals surface area contributed by atoms with E-state index in [4.69, 9.17) is 23.2 Å². The number of hydrogen-bond donors (Lipinski definition) is 1. The van der Waals surface area contributed by atoms with E-state index in [0.29, 0.717) is 47.1 Å². The molecule has 0 aliphatic carbocycles. The van der Waals surface area contributed by atoms with Gasteiger partial charge in [0.2, 0.25) is 5.91 Å². The van der Waals surface area contributed by atoms with E-state index in [0.717, 1.165) is 12.1 Å². The Labute approximate surface area is 185 Å². The lowest BCUT2D eigenvalue weighted by molar-refractivity contribution is -0.137. The lowest BCUT2D eigenvalue weighted by Gasteiger charge is -2.33. The highest BCUT2D eigenvalue weighted by atomic mass is 35.5. The summed E-state index contributed by atoms with van der Waals surface area (Å²) >= 11 is 12.0. The fourth-order valence-electron chi connectivity index (χ4n) is 4.06. The first kappa shape index (κ1) is 21.8. The molecule has 1 fully saturated rings. The number of fused-ring (bicyclic) bond motifs is 1. The lowest BCUT2D eigenvalue weighted by Crippen LogP contribution is -2.43. The first-order chi connectivity index (χ1) is 14.6. The monoisotopic (exact) mass is 471 g/mol. The van der Waals surface area contributed by atoms with Gasteiger partial charge in [-0.25, -0.2) is 4.79 Å². The summed E-state index contributed by atoms with van der Waals surface area (Å²) in [5.41, 5.74) is -0.117. The standard InChI is InChI=1S/C21H18Cl2F3N3O2/c22-14-6-12(7-15(23)10-14)8-19(30)28-5-1-2-16(11-28)29-18-4-3-13(21(24,25)26)9-17(18)27-20(29)31/h3-4,6-7,9-10,16H,1-2,5,8,11H2,(H,27,31)/t16-/m0/s1. The number of halogens is 5. The fraction of sp³-hybridized carbons (Fsp3) is 0.333. The molecule has 4 rings (SSSR count). The lowest BCUT2D eigenvalue weighted by atomic mass is 10.0. The number of nitrogens with zero attached hydrogens (tertiary/aromatic N) is 2. The minimum atomic E-state index is -4.50. The van der Waals surface area contributed by atoms with Crippen molar-refractivity contribution in [2.24, 2.45) is 0 Å². The summed E-state index contributed by atoms with van der Waals surface area (Å²) in [4.78, 5) is 29.5. The second kappa shape index (κ2) is 8.24. The molecule has 2 aromatic carbocycles. The molecule has 0 unspecified atom stereocenters. The third kappa shape index (κ3) is 4.60. The minimum absolute atomic E-state index is 0.116. The molecule has 1 amide bonds. The summed E-state index contributed by atoms with van der Waals surface area (Å²) in [6.07, 6.45) is -3.07. The molecule has 0 radical (unpaired) electrons. The Morgan fingerprint density at radius 3 is 2.52 bits per heavy atom. The van der Waals surface area contributed by atoms with Crippen LogP contribution in [0.5, 0.6) is 0 Å². The molecule has 31 heavy (non-hydrogen) atoms. The Bertz CT molecular complexity index is 1180. The van der Waals surface area contributed by atoms with Gasteiger partial charge in [-0.2, -0.15) is 13.2 Å². The molecule has 164 valence electrons. The summed E-state index contributed by atoms with van der Waals surface area (Å²) in [6, 6.07) is 7.79. The van der Waals surface area contributed by atoms with Crippen LogP contribution in [0.1, 0.15) is 30.0 Å². The second-order valence-electron chi connectivity index (χ2n) is 7.62. The fourth-order valence-corrected chi connectivity index (χ4v) is 4.63. The topological polar surface area (TPSA) is 58.1 Å². The highest BCUT2D eigenvalue weighted by Gasteiger charge is 2.32. The van der Waals surface area contributed by atoms with Gasteiger partial charge in [-0.15, -0.1) is 0 Å². The largest absolute Gasteiger partial charge is 0.416 e. The van der Waals surface area contributed by atoms with Gasteiger partial charge in [0.05, 0.1) is 29.1 Å². The summed E-state index contributed by atoms with van der Waals surface area (Å²) < 4.78 is 40.4. The van der Waals surface area contributed by atoms with Crippen molar-refractivity contribution < 1.29 is 18.0 Å². The first-order valence-electron chi connectivity index (χ1n) is 9.66. The van der Waals surface area contributed by atoms with Gasteiger partial charge in [0.1, 0.15) is 0 Å². The Morgan fingerprint density at radius 1 is 1.13 bits per heavy atom. The number of likely N-dealkylation sites (tertiary alicyclic amines) is 1. The quantitative estimate of drug-likeness (QED) is 0.580. The normalized spacial score (nSPS) is 17.3. The van der Waals surface area contributed by atoms with Gasteiger partial charge in [0.15, 0.2) is 0 Å². The summed E-state index contributed by atoms with van der Waals surface area (Å²) in [5.74, 6) is -0.129. The summed E-state index contributed by atoms with van der Waals surface area (Å²) in [7, 11) is 0. The molecule has 3 aromatic rings. The summed E-state index contributed by atoms with van der Waals surface area (Å²) in [5, 5.41) is 0.880. The predicted octanol–water partition coefficient (Wildman–Crippen LogP) is 5.06. The molecular weight excluding hydrogens is 454 g/mol. The number of amides is 1. The zero-order valence-corrected chi connectivity index (χ0v) is 17.7. The molecule has 1 aromatic heterocycles. The van der Waals surface area contributed by atoms with Gasteiger partial charge in [-0.1, -0.05) is 23.2 Å². The van der Waals surface area contributed by atoms with E-state index < -0.39 is 17.4 Å². The molecule has 0 spiro atoms. The highest BCUT2D eigenvalue weighted by Crippen LogP contribution is 2.32. The van der Waals surface area contributed by atoms with Gasteiger partial charge >= 0.3 is 11.9 Å². The molecule has 1 aliphatic heterocycles. The van der Waals surface area contributed by atoms with Crippen LogP contribution in [-0.2, 0) is 17.4 Å². The number of hydrogen-bond acceptors (Lipinski definition) is 2. The molecule has 1 N–H and O–H groups in total. The number of carbonyl (C=O) groups excluding carboxylic acids is 1. The molecule has 5 nitrogen and oxygen atoms in total. The van der Waals surface area contributed by atoms with E-state index in [9.17, 15) is 22.8 Å². The minimum Gasteiger partial charge on any atom is -0.340 e. The maximum absolute atomic E-state index is 13.0. The maximum Gasteiger partial charge on any atom is 0.416 e. The molecule has 1 saturated heterocycles. The third-order valence-electron chi connectivity index (χ3n) is 5.44. The van der Waals surface area contributed by atoms with Crippen LogP contribution in [0.4, 0.5) is 13.2 Å². The number of alkyl halides is 3. The van der Waals surface area contributed by atoms with Crippen LogP contribution in [0.25, 0.3) is 11.0 Å².